The second kappa shape index (κ2) is 6.06. The van der Waals surface area contributed by atoms with Gasteiger partial charge < -0.3 is 15.7 Å². The van der Waals surface area contributed by atoms with E-state index >= 15 is 0 Å². The lowest BCUT2D eigenvalue weighted by molar-refractivity contribution is -0.385. The zero-order valence-corrected chi connectivity index (χ0v) is 12.3. The fourth-order valence-corrected chi connectivity index (χ4v) is 2.50. The predicted molar refractivity (Wildman–Crippen MR) is 74.7 cm³/mol. The minimum Gasteiger partial charge on any atom is -0.398 e. The molecule has 1 amide bonds. The van der Waals surface area contributed by atoms with Crippen molar-refractivity contribution in [2.45, 2.75) is 4.90 Å². The van der Waals surface area contributed by atoms with E-state index in [-0.39, 0.29) is 24.4 Å². The van der Waals surface area contributed by atoms with Gasteiger partial charge in [-0.05, 0) is 6.07 Å². The van der Waals surface area contributed by atoms with Crippen molar-refractivity contribution in [3.05, 3.63) is 27.8 Å². The molecule has 0 bridgehead atoms. The van der Waals surface area contributed by atoms with Crippen molar-refractivity contribution < 1.29 is 23.2 Å². The highest BCUT2D eigenvalue weighted by Gasteiger charge is 2.27. The Labute approximate surface area is 121 Å². The lowest BCUT2D eigenvalue weighted by atomic mass is 10.1. The Hall–Kier alpha value is -2.20. The minimum atomic E-state index is -3.76. The first-order chi connectivity index (χ1) is 9.59. The third kappa shape index (κ3) is 3.67. The zero-order valence-electron chi connectivity index (χ0n) is 11.4. The van der Waals surface area contributed by atoms with E-state index < -0.39 is 31.3 Å². The molecule has 21 heavy (non-hydrogen) atoms. The number of nitrogens with two attached hydrogens (primary N) is 1. The number of nitrogen functional groups attached to an aromatic ring is 1. The van der Waals surface area contributed by atoms with Gasteiger partial charge >= 0.3 is 0 Å². The predicted octanol–water partition coefficient (Wildman–Crippen LogP) is -0.355. The van der Waals surface area contributed by atoms with Gasteiger partial charge in [0.05, 0.1) is 22.1 Å². The van der Waals surface area contributed by atoms with Crippen LogP contribution in [-0.2, 0) is 9.84 Å². The number of amides is 1. The number of hydrogen-bond donors (Lipinski definition) is 2. The van der Waals surface area contributed by atoms with Crippen LogP contribution in [0.25, 0.3) is 0 Å². The van der Waals surface area contributed by atoms with Crippen molar-refractivity contribution in [2.75, 3.05) is 32.2 Å². The first-order valence-electron chi connectivity index (χ1n) is 5.74. The van der Waals surface area contributed by atoms with Gasteiger partial charge in [0.25, 0.3) is 11.6 Å². The maximum absolute atomic E-state index is 12.1. The van der Waals surface area contributed by atoms with Gasteiger partial charge in [-0.25, -0.2) is 8.42 Å². The molecule has 0 radical (unpaired) electrons. The normalized spacial score (nSPS) is 11.2. The lowest BCUT2D eigenvalue weighted by Gasteiger charge is -2.16. The van der Waals surface area contributed by atoms with Gasteiger partial charge in [-0.2, -0.15) is 0 Å². The molecule has 0 saturated heterocycles. The highest BCUT2D eigenvalue weighted by molar-refractivity contribution is 7.90. The molecule has 116 valence electrons. The molecule has 1 aromatic carbocycles. The van der Waals surface area contributed by atoms with Crippen LogP contribution in [0.5, 0.6) is 0 Å². The second-order valence-electron chi connectivity index (χ2n) is 4.39. The van der Waals surface area contributed by atoms with E-state index in [0.29, 0.717) is 0 Å². The number of nitro groups is 1. The molecule has 9 nitrogen and oxygen atoms in total. The first-order valence-corrected chi connectivity index (χ1v) is 7.63. The van der Waals surface area contributed by atoms with Gasteiger partial charge in [0.1, 0.15) is 5.56 Å². The summed E-state index contributed by atoms with van der Waals surface area (Å²) in [5, 5.41) is 19.8. The van der Waals surface area contributed by atoms with Crippen LogP contribution in [0.3, 0.4) is 0 Å². The van der Waals surface area contributed by atoms with E-state index in [1.807, 2.05) is 0 Å². The van der Waals surface area contributed by atoms with Crippen LogP contribution in [0, 0.1) is 10.1 Å². The van der Waals surface area contributed by atoms with Gasteiger partial charge in [-0.15, -0.1) is 0 Å². The molecule has 0 aliphatic carbocycles. The van der Waals surface area contributed by atoms with E-state index in [4.69, 9.17) is 10.8 Å². The maximum Gasteiger partial charge on any atom is 0.283 e. The lowest BCUT2D eigenvalue weighted by Crippen LogP contribution is -2.30. The summed E-state index contributed by atoms with van der Waals surface area (Å²) in [6, 6.07) is 1.73. The molecule has 0 heterocycles. The summed E-state index contributed by atoms with van der Waals surface area (Å²) in [7, 11) is -2.41. The van der Waals surface area contributed by atoms with Crippen LogP contribution in [0.15, 0.2) is 17.0 Å². The fraction of sp³-hybridized carbons (Fsp3) is 0.364. The van der Waals surface area contributed by atoms with Crippen LogP contribution in [0.2, 0.25) is 0 Å². The smallest absolute Gasteiger partial charge is 0.283 e. The number of aliphatic hydroxyl groups excluding tert-OH is 1. The number of nitrogens with zero attached hydrogens (tertiary/aromatic N) is 2. The number of likely N-dealkylation sites (N-methyl/N-ethyl adjacent to an activating group) is 1. The second-order valence-corrected chi connectivity index (χ2v) is 6.37. The van der Waals surface area contributed by atoms with Crippen molar-refractivity contribution in [3.63, 3.8) is 0 Å². The molecule has 0 saturated carbocycles. The number of anilines is 1. The summed E-state index contributed by atoms with van der Waals surface area (Å²) in [5.41, 5.74) is 4.33. The van der Waals surface area contributed by atoms with E-state index in [1.165, 1.54) is 7.05 Å². The number of nitro benzene ring substituents is 1. The molecule has 1 rings (SSSR count). The third-order valence-corrected chi connectivity index (χ3v) is 3.89. The van der Waals surface area contributed by atoms with Gasteiger partial charge in [0.2, 0.25) is 0 Å². The fourth-order valence-electron chi connectivity index (χ4n) is 1.69. The molecule has 0 spiro atoms. The third-order valence-electron chi connectivity index (χ3n) is 2.74. The summed E-state index contributed by atoms with van der Waals surface area (Å²) in [4.78, 5) is 22.9. The summed E-state index contributed by atoms with van der Waals surface area (Å²) in [5.74, 6) is -0.734. The number of aliphatic hydroxyl groups is 1. The molecule has 0 fully saturated rings. The van der Waals surface area contributed by atoms with Crippen molar-refractivity contribution in [2.24, 2.45) is 0 Å². The molecule has 1 aromatic rings. The van der Waals surface area contributed by atoms with E-state index in [9.17, 15) is 23.3 Å². The Morgan fingerprint density at radius 1 is 1.48 bits per heavy atom. The highest BCUT2D eigenvalue weighted by atomic mass is 32.2. The number of carbonyl (C=O) groups excluding carboxylic acids is 1. The monoisotopic (exact) mass is 317 g/mol. The van der Waals surface area contributed by atoms with E-state index in [0.717, 1.165) is 23.3 Å². The molecule has 10 heteroatoms. The Bertz CT molecular complexity index is 685. The maximum atomic E-state index is 12.1. The molecular formula is C11H15N3O6S. The quantitative estimate of drug-likeness (QED) is 0.429. The average Bonchev–Trinajstić information content (AvgIpc) is 2.35. The van der Waals surface area contributed by atoms with Crippen LogP contribution < -0.4 is 5.73 Å². The van der Waals surface area contributed by atoms with E-state index in [2.05, 4.69) is 0 Å². The first kappa shape index (κ1) is 16.9. The van der Waals surface area contributed by atoms with Gasteiger partial charge in [0, 0.05) is 25.9 Å². The van der Waals surface area contributed by atoms with Crippen LogP contribution in [0.4, 0.5) is 11.4 Å². The number of benzene rings is 1. The molecule has 3 N–H and O–H groups in total. The van der Waals surface area contributed by atoms with Crippen molar-refractivity contribution in [1.29, 1.82) is 0 Å². The summed E-state index contributed by atoms with van der Waals surface area (Å²) >= 11 is 0. The van der Waals surface area contributed by atoms with Gasteiger partial charge in [-0.3, -0.25) is 14.9 Å². The molecule has 0 aromatic heterocycles. The zero-order chi connectivity index (χ0) is 16.4. The summed E-state index contributed by atoms with van der Waals surface area (Å²) in [6.07, 6.45) is 0.863. The number of rotatable bonds is 5. The van der Waals surface area contributed by atoms with Gasteiger partial charge in [0.15, 0.2) is 9.84 Å². The van der Waals surface area contributed by atoms with Crippen LogP contribution in [-0.4, -0.2) is 55.7 Å². The Morgan fingerprint density at radius 2 is 2.05 bits per heavy atom. The molecular weight excluding hydrogens is 302 g/mol. The standard InChI is InChI=1S/C11H15N3O6S/c1-13(3-4-15)11(16)7-5-8(12)10(21(2,19)20)6-9(7)14(17)18/h5-6,15H,3-4,12H2,1-2H3. The van der Waals surface area contributed by atoms with Crippen molar-refractivity contribution in [3.8, 4) is 0 Å². The topological polar surface area (TPSA) is 144 Å². The highest BCUT2D eigenvalue weighted by Crippen LogP contribution is 2.29. The minimum absolute atomic E-state index is 0.0241. The van der Waals surface area contributed by atoms with Crippen molar-refractivity contribution >= 4 is 27.1 Å². The molecule has 0 aliphatic rings. The Kier molecular flexibility index (Phi) is 4.86. The molecule has 0 aliphatic heterocycles. The largest absolute Gasteiger partial charge is 0.398 e. The van der Waals surface area contributed by atoms with Crippen LogP contribution >= 0.6 is 0 Å². The van der Waals surface area contributed by atoms with Crippen LogP contribution in [0.1, 0.15) is 10.4 Å². The average molecular weight is 317 g/mol. The number of sulfone groups is 1. The molecule has 0 atom stereocenters. The Balaban J connectivity index is 3.50. The number of carbonyl (C=O) groups is 1. The van der Waals surface area contributed by atoms with E-state index in [1.54, 1.807) is 0 Å². The Morgan fingerprint density at radius 3 is 2.48 bits per heavy atom. The summed E-state index contributed by atoms with van der Waals surface area (Å²) < 4.78 is 23.0. The van der Waals surface area contributed by atoms with Crippen molar-refractivity contribution in [1.82, 2.24) is 4.90 Å². The number of hydrogen-bond acceptors (Lipinski definition) is 7. The summed E-state index contributed by atoms with van der Waals surface area (Å²) in [6.45, 7) is -0.337. The SMILES string of the molecule is CN(CCO)C(=O)c1cc(N)c(S(C)(=O)=O)cc1[N+](=O)[O-]. The molecule has 0 unspecified atom stereocenters. The van der Waals surface area contributed by atoms with Gasteiger partial charge in [-0.1, -0.05) is 0 Å².